The summed E-state index contributed by atoms with van der Waals surface area (Å²) >= 11 is 0. The van der Waals surface area contributed by atoms with E-state index in [1.165, 1.54) is 6.92 Å². The van der Waals surface area contributed by atoms with Crippen molar-refractivity contribution in [2.45, 2.75) is 13.0 Å². The third-order valence-corrected chi connectivity index (χ3v) is 3.35. The van der Waals surface area contributed by atoms with Crippen molar-refractivity contribution in [1.29, 1.82) is 0 Å². The average molecular weight is 292 g/mol. The van der Waals surface area contributed by atoms with E-state index < -0.39 is 0 Å². The molecule has 1 amide bonds. The molecular formula is C15H20N2O4. The molecule has 0 bridgehead atoms. The fourth-order valence-electron chi connectivity index (χ4n) is 2.25. The van der Waals surface area contributed by atoms with Crippen molar-refractivity contribution in [2.24, 2.45) is 0 Å². The lowest BCUT2D eigenvalue weighted by atomic mass is 10.1. The van der Waals surface area contributed by atoms with Crippen molar-refractivity contribution in [3.05, 3.63) is 29.8 Å². The van der Waals surface area contributed by atoms with Crippen LogP contribution in [0.4, 0.5) is 5.69 Å². The Morgan fingerprint density at radius 3 is 3.00 bits per heavy atom. The summed E-state index contributed by atoms with van der Waals surface area (Å²) in [6.45, 7) is 3.40. The maximum atomic E-state index is 12.0. The SMILES string of the molecule is CC(=O)c1cccc(NC(=O)CN2CCOC(CO)C2)c1. The monoisotopic (exact) mass is 292 g/mol. The third-order valence-electron chi connectivity index (χ3n) is 3.35. The minimum absolute atomic E-state index is 0.0370. The van der Waals surface area contributed by atoms with Crippen molar-refractivity contribution >= 4 is 17.4 Å². The first kappa shape index (κ1) is 15.6. The molecule has 1 atom stereocenters. The molecule has 1 saturated heterocycles. The van der Waals surface area contributed by atoms with Crippen LogP contribution >= 0.6 is 0 Å². The molecular weight excluding hydrogens is 272 g/mol. The molecule has 1 heterocycles. The fraction of sp³-hybridized carbons (Fsp3) is 0.467. The summed E-state index contributed by atoms with van der Waals surface area (Å²) in [5, 5.41) is 11.9. The molecule has 2 rings (SSSR count). The number of nitrogens with zero attached hydrogens (tertiary/aromatic N) is 1. The molecule has 0 radical (unpaired) electrons. The van der Waals surface area contributed by atoms with Gasteiger partial charge < -0.3 is 15.2 Å². The van der Waals surface area contributed by atoms with E-state index in [9.17, 15) is 9.59 Å². The summed E-state index contributed by atoms with van der Waals surface area (Å²) in [6, 6.07) is 6.87. The second kappa shape index (κ2) is 7.31. The first-order valence-electron chi connectivity index (χ1n) is 6.94. The summed E-state index contributed by atoms with van der Waals surface area (Å²) in [4.78, 5) is 25.3. The number of Topliss-reactive ketones (excluding diaryl/α,β-unsaturated/α-hetero) is 1. The summed E-state index contributed by atoms with van der Waals surface area (Å²) in [5.41, 5.74) is 1.18. The van der Waals surface area contributed by atoms with E-state index in [0.29, 0.717) is 30.9 Å². The number of amides is 1. The number of aliphatic hydroxyl groups excluding tert-OH is 1. The Bertz CT molecular complexity index is 518. The van der Waals surface area contributed by atoms with Crippen LogP contribution in [0.15, 0.2) is 24.3 Å². The van der Waals surface area contributed by atoms with Gasteiger partial charge in [-0.2, -0.15) is 0 Å². The van der Waals surface area contributed by atoms with Gasteiger partial charge in [-0.15, -0.1) is 0 Å². The van der Waals surface area contributed by atoms with Crippen LogP contribution in [0.1, 0.15) is 17.3 Å². The van der Waals surface area contributed by atoms with Crippen molar-refractivity contribution < 1.29 is 19.4 Å². The lowest BCUT2D eigenvalue weighted by Crippen LogP contribution is -2.46. The Morgan fingerprint density at radius 2 is 2.29 bits per heavy atom. The topological polar surface area (TPSA) is 78.9 Å². The molecule has 114 valence electrons. The zero-order valence-corrected chi connectivity index (χ0v) is 12.0. The van der Waals surface area contributed by atoms with E-state index >= 15 is 0 Å². The van der Waals surface area contributed by atoms with Crippen LogP contribution in [-0.2, 0) is 9.53 Å². The van der Waals surface area contributed by atoms with Crippen molar-refractivity contribution in [3.8, 4) is 0 Å². The molecule has 1 aliphatic heterocycles. The standard InChI is InChI=1S/C15H20N2O4/c1-11(19)12-3-2-4-13(7-12)16-15(20)9-17-5-6-21-14(8-17)10-18/h2-4,7,14,18H,5-6,8-10H2,1H3,(H,16,20). The maximum Gasteiger partial charge on any atom is 0.238 e. The number of carbonyl (C=O) groups is 2. The second-order valence-corrected chi connectivity index (χ2v) is 5.10. The number of nitrogens with one attached hydrogen (secondary N) is 1. The molecule has 0 aromatic heterocycles. The van der Waals surface area contributed by atoms with Crippen LogP contribution in [0.2, 0.25) is 0 Å². The van der Waals surface area contributed by atoms with Crippen LogP contribution in [0.3, 0.4) is 0 Å². The normalized spacial score (nSPS) is 19.2. The number of anilines is 1. The fourth-order valence-corrected chi connectivity index (χ4v) is 2.25. The summed E-state index contributed by atoms with van der Waals surface area (Å²) in [5.74, 6) is -0.181. The van der Waals surface area contributed by atoms with E-state index in [1.54, 1.807) is 24.3 Å². The van der Waals surface area contributed by atoms with E-state index in [-0.39, 0.29) is 30.9 Å². The largest absolute Gasteiger partial charge is 0.394 e. The maximum absolute atomic E-state index is 12.0. The Morgan fingerprint density at radius 1 is 1.48 bits per heavy atom. The van der Waals surface area contributed by atoms with E-state index in [4.69, 9.17) is 9.84 Å². The summed E-state index contributed by atoms with van der Waals surface area (Å²) in [7, 11) is 0. The summed E-state index contributed by atoms with van der Waals surface area (Å²) < 4.78 is 5.34. The van der Waals surface area contributed by atoms with Crippen LogP contribution < -0.4 is 5.32 Å². The predicted molar refractivity (Wildman–Crippen MR) is 78.3 cm³/mol. The van der Waals surface area contributed by atoms with E-state index in [1.807, 2.05) is 4.90 Å². The van der Waals surface area contributed by atoms with Gasteiger partial charge in [0, 0.05) is 24.3 Å². The number of ketones is 1. The molecule has 2 N–H and O–H groups in total. The number of ether oxygens (including phenoxy) is 1. The van der Waals surface area contributed by atoms with Gasteiger partial charge in [0.2, 0.25) is 5.91 Å². The molecule has 0 aliphatic carbocycles. The minimum atomic E-state index is -0.229. The number of benzene rings is 1. The molecule has 1 aliphatic rings. The van der Waals surface area contributed by atoms with Gasteiger partial charge in [-0.25, -0.2) is 0 Å². The minimum Gasteiger partial charge on any atom is -0.394 e. The van der Waals surface area contributed by atoms with E-state index in [0.717, 1.165) is 0 Å². The van der Waals surface area contributed by atoms with Gasteiger partial charge in [0.05, 0.1) is 25.9 Å². The third kappa shape index (κ3) is 4.63. The van der Waals surface area contributed by atoms with Crippen LogP contribution in [0, 0.1) is 0 Å². The number of morpholine rings is 1. The molecule has 21 heavy (non-hydrogen) atoms. The second-order valence-electron chi connectivity index (χ2n) is 5.10. The van der Waals surface area contributed by atoms with Gasteiger partial charge in [0.25, 0.3) is 0 Å². The van der Waals surface area contributed by atoms with Crippen LogP contribution in [0.5, 0.6) is 0 Å². The molecule has 1 aromatic carbocycles. The summed E-state index contributed by atoms with van der Waals surface area (Å²) in [6.07, 6.45) is -0.229. The molecule has 6 nitrogen and oxygen atoms in total. The Balaban J connectivity index is 1.89. The highest BCUT2D eigenvalue weighted by Crippen LogP contribution is 2.11. The van der Waals surface area contributed by atoms with Gasteiger partial charge in [-0.3, -0.25) is 14.5 Å². The molecule has 1 unspecified atom stereocenters. The zero-order chi connectivity index (χ0) is 15.2. The lowest BCUT2D eigenvalue weighted by molar-refractivity contribution is -0.120. The number of hydrogen-bond acceptors (Lipinski definition) is 5. The first-order valence-corrected chi connectivity index (χ1v) is 6.94. The van der Waals surface area contributed by atoms with Crippen LogP contribution in [-0.4, -0.2) is 60.6 Å². The Kier molecular flexibility index (Phi) is 5.44. The van der Waals surface area contributed by atoms with Gasteiger partial charge in [0.15, 0.2) is 5.78 Å². The zero-order valence-electron chi connectivity index (χ0n) is 12.0. The van der Waals surface area contributed by atoms with Gasteiger partial charge in [-0.05, 0) is 19.1 Å². The predicted octanol–water partition coefficient (Wildman–Crippen LogP) is 0.521. The van der Waals surface area contributed by atoms with Crippen molar-refractivity contribution in [1.82, 2.24) is 4.90 Å². The molecule has 1 fully saturated rings. The van der Waals surface area contributed by atoms with Crippen molar-refractivity contribution in [3.63, 3.8) is 0 Å². The van der Waals surface area contributed by atoms with Crippen molar-refractivity contribution in [2.75, 3.05) is 38.2 Å². The average Bonchev–Trinajstić information content (AvgIpc) is 2.47. The number of rotatable bonds is 5. The number of hydrogen-bond donors (Lipinski definition) is 2. The first-order chi connectivity index (χ1) is 10.1. The highest BCUT2D eigenvalue weighted by Gasteiger charge is 2.21. The lowest BCUT2D eigenvalue weighted by Gasteiger charge is -2.31. The molecule has 6 heteroatoms. The quantitative estimate of drug-likeness (QED) is 0.774. The smallest absolute Gasteiger partial charge is 0.238 e. The van der Waals surface area contributed by atoms with Gasteiger partial charge in [-0.1, -0.05) is 12.1 Å². The highest BCUT2D eigenvalue weighted by molar-refractivity contribution is 5.97. The number of aliphatic hydroxyl groups is 1. The Labute approximate surface area is 123 Å². The van der Waals surface area contributed by atoms with Crippen LogP contribution in [0.25, 0.3) is 0 Å². The van der Waals surface area contributed by atoms with Gasteiger partial charge >= 0.3 is 0 Å². The highest BCUT2D eigenvalue weighted by atomic mass is 16.5. The molecule has 0 saturated carbocycles. The number of carbonyl (C=O) groups excluding carboxylic acids is 2. The van der Waals surface area contributed by atoms with Gasteiger partial charge in [0.1, 0.15) is 0 Å². The molecule has 1 aromatic rings. The van der Waals surface area contributed by atoms with E-state index in [2.05, 4.69) is 5.32 Å². The Hall–Kier alpha value is -1.76. The molecule has 0 spiro atoms.